The van der Waals surface area contributed by atoms with Crippen LogP contribution in [0.15, 0.2) is 23.2 Å². The molecule has 1 rings (SSSR count). The highest BCUT2D eigenvalue weighted by Crippen LogP contribution is 2.14. The van der Waals surface area contributed by atoms with Gasteiger partial charge in [-0.3, -0.25) is 9.79 Å². The second-order valence-electron chi connectivity index (χ2n) is 7.34. The maximum atomic E-state index is 13.5. The Balaban J connectivity index is 0.00000729. The normalized spacial score (nSPS) is 12.1. The Kier molecular flexibility index (Phi) is 11.0. The molecule has 0 radical (unpaired) electrons. The van der Waals surface area contributed by atoms with Gasteiger partial charge in [-0.15, -0.1) is 24.0 Å². The first-order valence-electron chi connectivity index (χ1n) is 8.60. The van der Waals surface area contributed by atoms with Crippen LogP contribution in [-0.4, -0.2) is 46.7 Å². The molecule has 0 fully saturated rings. The Labute approximate surface area is 183 Å². The minimum absolute atomic E-state index is 0. The van der Waals surface area contributed by atoms with Crippen molar-refractivity contribution in [2.75, 3.05) is 26.4 Å². The number of amides is 1. The summed E-state index contributed by atoms with van der Waals surface area (Å²) in [7, 11) is -1.64. The van der Waals surface area contributed by atoms with Gasteiger partial charge in [0.1, 0.15) is 5.82 Å². The molecule has 0 aliphatic rings. The highest BCUT2D eigenvalue weighted by molar-refractivity contribution is 14.0. The van der Waals surface area contributed by atoms with E-state index in [-0.39, 0.29) is 42.2 Å². The lowest BCUT2D eigenvalue weighted by atomic mass is 9.96. The maximum absolute atomic E-state index is 13.5. The summed E-state index contributed by atoms with van der Waals surface area (Å²) in [6, 6.07) is 4.03. The first kappa shape index (κ1) is 26.6. The molecule has 0 saturated heterocycles. The van der Waals surface area contributed by atoms with Crippen molar-refractivity contribution in [1.29, 1.82) is 0 Å². The highest BCUT2D eigenvalue weighted by atomic mass is 127. The molecular weight excluding hydrogens is 498 g/mol. The van der Waals surface area contributed by atoms with E-state index < -0.39 is 21.1 Å². The molecule has 160 valence electrons. The fourth-order valence-corrected chi connectivity index (χ4v) is 3.05. The number of carbonyl (C=O) groups is 1. The Morgan fingerprint density at radius 1 is 1.11 bits per heavy atom. The number of halogens is 2. The summed E-state index contributed by atoms with van der Waals surface area (Å²) in [5, 5.41) is 8.88. The molecule has 7 nitrogen and oxygen atoms in total. The van der Waals surface area contributed by atoms with Gasteiger partial charge >= 0.3 is 0 Å². The molecule has 0 aliphatic carbocycles. The van der Waals surface area contributed by atoms with E-state index in [0.717, 1.165) is 6.26 Å². The topological polar surface area (TPSA) is 99.7 Å². The van der Waals surface area contributed by atoms with Gasteiger partial charge in [0.05, 0.1) is 5.75 Å². The van der Waals surface area contributed by atoms with Gasteiger partial charge in [0.2, 0.25) is 5.91 Å². The first-order valence-corrected chi connectivity index (χ1v) is 10.7. The smallest absolute Gasteiger partial charge is 0.225 e. The number of hydrogen-bond acceptors (Lipinski definition) is 4. The second kappa shape index (κ2) is 11.5. The van der Waals surface area contributed by atoms with E-state index in [4.69, 9.17) is 0 Å². The van der Waals surface area contributed by atoms with Crippen molar-refractivity contribution >= 4 is 45.7 Å². The molecule has 0 aromatic heterocycles. The predicted molar refractivity (Wildman–Crippen MR) is 121 cm³/mol. The molecule has 10 heteroatoms. The Hall–Kier alpha value is -1.43. The van der Waals surface area contributed by atoms with Crippen LogP contribution in [0.4, 0.5) is 4.39 Å². The number of rotatable bonds is 7. The van der Waals surface area contributed by atoms with Crippen molar-refractivity contribution in [3.8, 4) is 0 Å². The van der Waals surface area contributed by atoms with Crippen molar-refractivity contribution in [1.82, 2.24) is 16.0 Å². The van der Waals surface area contributed by atoms with Crippen molar-refractivity contribution in [3.05, 3.63) is 35.1 Å². The Bertz CT molecular complexity index is 793. The first-order chi connectivity index (χ1) is 12.4. The number of nitrogens with one attached hydrogen (secondary N) is 3. The molecule has 1 aromatic rings. The van der Waals surface area contributed by atoms with Gasteiger partial charge in [-0.25, -0.2) is 12.8 Å². The van der Waals surface area contributed by atoms with Crippen molar-refractivity contribution in [3.63, 3.8) is 0 Å². The molecule has 28 heavy (non-hydrogen) atoms. The number of benzene rings is 1. The van der Waals surface area contributed by atoms with E-state index in [9.17, 15) is 17.6 Å². The van der Waals surface area contributed by atoms with Gasteiger partial charge in [-0.1, -0.05) is 26.8 Å². The van der Waals surface area contributed by atoms with E-state index in [1.165, 1.54) is 18.2 Å². The molecule has 0 spiro atoms. The van der Waals surface area contributed by atoms with Gasteiger partial charge in [0.15, 0.2) is 15.8 Å². The summed E-state index contributed by atoms with van der Waals surface area (Å²) >= 11 is 0. The van der Waals surface area contributed by atoms with Crippen LogP contribution < -0.4 is 16.0 Å². The van der Waals surface area contributed by atoms with Crippen LogP contribution in [0.3, 0.4) is 0 Å². The molecule has 0 saturated carbocycles. The zero-order valence-corrected chi connectivity index (χ0v) is 20.1. The van der Waals surface area contributed by atoms with E-state index in [0.29, 0.717) is 30.2 Å². The molecule has 0 unspecified atom stereocenters. The van der Waals surface area contributed by atoms with Crippen LogP contribution in [0.5, 0.6) is 0 Å². The average Bonchev–Trinajstić information content (AvgIpc) is 2.54. The fourth-order valence-electron chi connectivity index (χ4n) is 2.20. The largest absolute Gasteiger partial charge is 0.355 e. The van der Waals surface area contributed by atoms with E-state index >= 15 is 0 Å². The minimum Gasteiger partial charge on any atom is -0.355 e. The molecular formula is C18H30FIN4O3S. The Morgan fingerprint density at radius 3 is 2.25 bits per heavy atom. The third-order valence-electron chi connectivity index (χ3n) is 3.64. The van der Waals surface area contributed by atoms with Crippen LogP contribution in [-0.2, 0) is 26.9 Å². The fraction of sp³-hybridized carbons (Fsp3) is 0.556. The Morgan fingerprint density at radius 2 is 1.71 bits per heavy atom. The molecule has 0 bridgehead atoms. The van der Waals surface area contributed by atoms with E-state index in [1.807, 2.05) is 20.8 Å². The average molecular weight is 528 g/mol. The lowest BCUT2D eigenvalue weighted by Gasteiger charge is -2.18. The number of sulfone groups is 1. The molecule has 0 aliphatic heterocycles. The van der Waals surface area contributed by atoms with Crippen LogP contribution in [0.1, 0.15) is 31.9 Å². The van der Waals surface area contributed by atoms with E-state index in [2.05, 4.69) is 20.9 Å². The monoisotopic (exact) mass is 528 g/mol. The lowest BCUT2D eigenvalue weighted by Crippen LogP contribution is -2.43. The van der Waals surface area contributed by atoms with E-state index in [1.54, 1.807) is 7.05 Å². The summed E-state index contributed by atoms with van der Waals surface area (Å²) in [4.78, 5) is 15.9. The molecule has 0 heterocycles. The minimum atomic E-state index is -3.23. The van der Waals surface area contributed by atoms with Crippen LogP contribution in [0.2, 0.25) is 0 Å². The second-order valence-corrected chi connectivity index (χ2v) is 9.48. The summed E-state index contributed by atoms with van der Waals surface area (Å²) in [6.07, 6.45) is 1.14. The third-order valence-corrected chi connectivity index (χ3v) is 4.48. The number of aliphatic imine (C=N–C) groups is 1. The lowest BCUT2D eigenvalue weighted by molar-refractivity contribution is -0.128. The SMILES string of the molecule is CN=C(NCCNC(=O)C(C)(C)C)NCc1cc(F)ccc1CS(C)(=O)=O.I. The molecule has 1 amide bonds. The standard InChI is InChI=1S/C18H29FN4O3S.HI/c1-18(2,3)16(24)21-8-9-22-17(20-4)23-11-14-10-15(19)7-6-13(14)12-27(5,25)26;/h6-7,10H,8-9,11-12H2,1-5H3,(H,21,24)(H2,20,22,23);1H. The van der Waals surface area contributed by atoms with Crippen molar-refractivity contribution in [2.24, 2.45) is 10.4 Å². The molecule has 0 atom stereocenters. The van der Waals surface area contributed by atoms with Gasteiger partial charge in [0.25, 0.3) is 0 Å². The molecule has 3 N–H and O–H groups in total. The number of carbonyl (C=O) groups excluding carboxylic acids is 1. The maximum Gasteiger partial charge on any atom is 0.225 e. The van der Waals surface area contributed by atoms with Gasteiger partial charge < -0.3 is 16.0 Å². The van der Waals surface area contributed by atoms with Crippen LogP contribution >= 0.6 is 24.0 Å². The number of nitrogens with zero attached hydrogens (tertiary/aromatic N) is 1. The van der Waals surface area contributed by atoms with Crippen LogP contribution in [0, 0.1) is 11.2 Å². The zero-order chi connectivity index (χ0) is 20.7. The number of hydrogen-bond donors (Lipinski definition) is 3. The van der Waals surface area contributed by atoms with Crippen LogP contribution in [0.25, 0.3) is 0 Å². The molecule has 1 aromatic carbocycles. The quantitative estimate of drug-likeness (QED) is 0.217. The zero-order valence-electron chi connectivity index (χ0n) is 16.9. The van der Waals surface area contributed by atoms with Gasteiger partial charge in [-0.05, 0) is 23.3 Å². The highest BCUT2D eigenvalue weighted by Gasteiger charge is 2.20. The van der Waals surface area contributed by atoms with Crippen molar-refractivity contribution < 1.29 is 17.6 Å². The van der Waals surface area contributed by atoms with Gasteiger partial charge in [-0.2, -0.15) is 0 Å². The number of guanidine groups is 1. The summed E-state index contributed by atoms with van der Waals surface area (Å²) in [5.74, 6) is -0.168. The third kappa shape index (κ3) is 10.2. The summed E-state index contributed by atoms with van der Waals surface area (Å²) in [6.45, 7) is 6.61. The summed E-state index contributed by atoms with van der Waals surface area (Å²) in [5.41, 5.74) is 0.636. The summed E-state index contributed by atoms with van der Waals surface area (Å²) < 4.78 is 36.6. The van der Waals surface area contributed by atoms with Gasteiger partial charge in [0, 0.05) is 38.4 Å². The predicted octanol–water partition coefficient (Wildman–Crippen LogP) is 1.82. The van der Waals surface area contributed by atoms with Crippen molar-refractivity contribution in [2.45, 2.75) is 33.1 Å².